The van der Waals surface area contributed by atoms with Crippen LogP contribution in [-0.4, -0.2) is 39.6 Å². The summed E-state index contributed by atoms with van der Waals surface area (Å²) < 4.78 is 8.44. The van der Waals surface area contributed by atoms with Gasteiger partial charge in [0.25, 0.3) is 5.56 Å². The standard InChI is InChI=1S/C17H20N4O3/c1-2-24-11-5-9-18-15(22)12-21-16-13(6-3-8-19-16)20-10-4-7-14(20)17(21)23/h3-4,6-8,10H,2,5,9,11-12H2,1H3,(H,18,22). The molecule has 7 nitrogen and oxygen atoms in total. The molecule has 3 rings (SSSR count). The lowest BCUT2D eigenvalue weighted by atomic mass is 10.3. The summed E-state index contributed by atoms with van der Waals surface area (Å²) in [6, 6.07) is 7.24. The van der Waals surface area contributed by atoms with Crippen molar-refractivity contribution in [2.24, 2.45) is 0 Å². The molecule has 0 unspecified atom stereocenters. The summed E-state index contributed by atoms with van der Waals surface area (Å²) in [4.78, 5) is 29.1. The van der Waals surface area contributed by atoms with Crippen molar-refractivity contribution < 1.29 is 9.53 Å². The molecule has 24 heavy (non-hydrogen) atoms. The highest BCUT2D eigenvalue weighted by molar-refractivity contribution is 5.80. The van der Waals surface area contributed by atoms with E-state index in [1.54, 1.807) is 22.7 Å². The van der Waals surface area contributed by atoms with Gasteiger partial charge >= 0.3 is 0 Å². The summed E-state index contributed by atoms with van der Waals surface area (Å²) in [6.45, 7) is 3.67. The normalized spacial score (nSPS) is 11.2. The van der Waals surface area contributed by atoms with Crippen molar-refractivity contribution >= 4 is 22.6 Å². The summed E-state index contributed by atoms with van der Waals surface area (Å²) in [7, 11) is 0. The Morgan fingerprint density at radius 2 is 2.12 bits per heavy atom. The first-order valence-electron chi connectivity index (χ1n) is 8.01. The second-order valence-corrected chi connectivity index (χ2v) is 5.40. The molecular weight excluding hydrogens is 308 g/mol. The fourth-order valence-corrected chi connectivity index (χ4v) is 2.68. The van der Waals surface area contributed by atoms with Crippen LogP contribution in [0.15, 0.2) is 41.5 Å². The lowest BCUT2D eigenvalue weighted by Gasteiger charge is -2.11. The molecule has 0 saturated carbocycles. The Labute approximate surface area is 138 Å². The summed E-state index contributed by atoms with van der Waals surface area (Å²) >= 11 is 0. The Hall–Kier alpha value is -2.67. The van der Waals surface area contributed by atoms with E-state index in [1.807, 2.05) is 25.3 Å². The highest BCUT2D eigenvalue weighted by Gasteiger charge is 2.13. The SMILES string of the molecule is CCOCCCNC(=O)Cn1c(=O)c2cccn2c2cccnc21. The van der Waals surface area contributed by atoms with Crippen LogP contribution in [0, 0.1) is 0 Å². The van der Waals surface area contributed by atoms with Crippen LogP contribution in [0.1, 0.15) is 13.3 Å². The van der Waals surface area contributed by atoms with Crippen molar-refractivity contribution in [3.63, 3.8) is 0 Å². The third-order valence-corrected chi connectivity index (χ3v) is 3.79. The van der Waals surface area contributed by atoms with Crippen molar-refractivity contribution in [2.45, 2.75) is 19.9 Å². The van der Waals surface area contributed by atoms with Gasteiger partial charge in [-0.1, -0.05) is 0 Å². The lowest BCUT2D eigenvalue weighted by molar-refractivity contribution is -0.121. The van der Waals surface area contributed by atoms with Crippen LogP contribution in [0.5, 0.6) is 0 Å². The van der Waals surface area contributed by atoms with E-state index in [0.29, 0.717) is 30.9 Å². The smallest absolute Gasteiger partial charge is 0.276 e. The monoisotopic (exact) mass is 328 g/mol. The van der Waals surface area contributed by atoms with Gasteiger partial charge in [-0.05, 0) is 37.6 Å². The molecule has 0 aliphatic rings. The zero-order chi connectivity index (χ0) is 16.9. The number of pyridine rings is 1. The first-order chi connectivity index (χ1) is 11.7. The molecule has 0 aliphatic heterocycles. The summed E-state index contributed by atoms with van der Waals surface area (Å²) in [5, 5.41) is 2.81. The van der Waals surface area contributed by atoms with Crippen molar-refractivity contribution in [2.75, 3.05) is 19.8 Å². The van der Waals surface area contributed by atoms with E-state index in [0.717, 1.165) is 11.9 Å². The van der Waals surface area contributed by atoms with Gasteiger partial charge in [-0.25, -0.2) is 4.98 Å². The topological polar surface area (TPSA) is 77.6 Å². The number of nitrogens with one attached hydrogen (secondary N) is 1. The zero-order valence-electron chi connectivity index (χ0n) is 13.6. The molecule has 1 amide bonds. The Bertz CT molecular complexity index is 913. The zero-order valence-corrected chi connectivity index (χ0v) is 13.6. The molecule has 3 heterocycles. The maximum atomic E-state index is 12.7. The largest absolute Gasteiger partial charge is 0.382 e. The summed E-state index contributed by atoms with van der Waals surface area (Å²) in [5.41, 5.74) is 1.59. The highest BCUT2D eigenvalue weighted by atomic mass is 16.5. The number of amides is 1. The van der Waals surface area contributed by atoms with E-state index in [-0.39, 0.29) is 18.0 Å². The number of carbonyl (C=O) groups excluding carboxylic acids is 1. The van der Waals surface area contributed by atoms with E-state index in [4.69, 9.17) is 4.74 Å². The predicted octanol–water partition coefficient (Wildman–Crippen LogP) is 1.19. The van der Waals surface area contributed by atoms with E-state index in [2.05, 4.69) is 10.3 Å². The van der Waals surface area contributed by atoms with Crippen LogP contribution in [0.4, 0.5) is 0 Å². The third kappa shape index (κ3) is 3.16. The van der Waals surface area contributed by atoms with E-state index < -0.39 is 0 Å². The molecule has 0 saturated heterocycles. The first kappa shape index (κ1) is 16.2. The second kappa shape index (κ2) is 7.27. The first-order valence-corrected chi connectivity index (χ1v) is 8.01. The van der Waals surface area contributed by atoms with Crippen LogP contribution in [-0.2, 0) is 16.1 Å². The van der Waals surface area contributed by atoms with Gasteiger partial charge in [0.15, 0.2) is 5.65 Å². The molecule has 0 fully saturated rings. The molecule has 0 radical (unpaired) electrons. The van der Waals surface area contributed by atoms with Gasteiger partial charge in [-0.2, -0.15) is 0 Å². The number of carbonyl (C=O) groups is 1. The van der Waals surface area contributed by atoms with Gasteiger partial charge in [0.05, 0.1) is 5.52 Å². The van der Waals surface area contributed by atoms with Gasteiger partial charge in [0.1, 0.15) is 12.1 Å². The maximum absolute atomic E-state index is 12.7. The van der Waals surface area contributed by atoms with E-state index in [1.165, 1.54) is 4.57 Å². The van der Waals surface area contributed by atoms with Crippen LogP contribution in [0.2, 0.25) is 0 Å². The van der Waals surface area contributed by atoms with Gasteiger partial charge in [0.2, 0.25) is 5.91 Å². The molecule has 0 bridgehead atoms. The van der Waals surface area contributed by atoms with E-state index in [9.17, 15) is 9.59 Å². The number of hydrogen-bond acceptors (Lipinski definition) is 4. The molecule has 3 aromatic rings. The number of aromatic nitrogens is 3. The fraction of sp³-hybridized carbons (Fsp3) is 0.353. The molecular formula is C17H20N4O3. The number of ether oxygens (including phenoxy) is 1. The number of nitrogens with zero attached hydrogens (tertiary/aromatic N) is 3. The van der Waals surface area contributed by atoms with Crippen LogP contribution in [0.25, 0.3) is 16.7 Å². The third-order valence-electron chi connectivity index (χ3n) is 3.79. The Morgan fingerprint density at radius 1 is 1.29 bits per heavy atom. The second-order valence-electron chi connectivity index (χ2n) is 5.40. The molecule has 1 N–H and O–H groups in total. The van der Waals surface area contributed by atoms with Gasteiger partial charge in [-0.15, -0.1) is 0 Å². The molecule has 0 aromatic carbocycles. The average molecular weight is 328 g/mol. The van der Waals surface area contributed by atoms with Crippen LogP contribution >= 0.6 is 0 Å². The van der Waals surface area contributed by atoms with Gasteiger partial charge in [0, 0.05) is 32.2 Å². The number of fused-ring (bicyclic) bond motifs is 3. The molecule has 0 spiro atoms. The maximum Gasteiger partial charge on any atom is 0.276 e. The van der Waals surface area contributed by atoms with Crippen LogP contribution < -0.4 is 10.9 Å². The fourth-order valence-electron chi connectivity index (χ4n) is 2.68. The minimum Gasteiger partial charge on any atom is -0.382 e. The average Bonchev–Trinajstić information content (AvgIpc) is 3.08. The minimum atomic E-state index is -0.226. The highest BCUT2D eigenvalue weighted by Crippen LogP contribution is 2.12. The molecule has 0 atom stereocenters. The molecule has 126 valence electrons. The van der Waals surface area contributed by atoms with E-state index >= 15 is 0 Å². The summed E-state index contributed by atoms with van der Waals surface area (Å²) in [6.07, 6.45) is 4.18. The molecule has 0 aliphatic carbocycles. The van der Waals surface area contributed by atoms with Crippen molar-refractivity contribution in [3.8, 4) is 0 Å². The van der Waals surface area contributed by atoms with Crippen LogP contribution in [0.3, 0.4) is 0 Å². The number of rotatable bonds is 7. The lowest BCUT2D eigenvalue weighted by Crippen LogP contribution is -2.34. The Kier molecular flexibility index (Phi) is 4.90. The van der Waals surface area contributed by atoms with Gasteiger partial charge in [-0.3, -0.25) is 14.2 Å². The van der Waals surface area contributed by atoms with Crippen molar-refractivity contribution in [1.82, 2.24) is 19.3 Å². The van der Waals surface area contributed by atoms with Crippen molar-refractivity contribution in [1.29, 1.82) is 0 Å². The molecule has 3 aromatic heterocycles. The molecule has 7 heteroatoms. The minimum absolute atomic E-state index is 0.0529. The predicted molar refractivity (Wildman–Crippen MR) is 91.1 cm³/mol. The Morgan fingerprint density at radius 3 is 2.96 bits per heavy atom. The Balaban J connectivity index is 1.84. The quantitative estimate of drug-likeness (QED) is 0.661. The number of hydrogen-bond donors (Lipinski definition) is 1. The van der Waals surface area contributed by atoms with Crippen molar-refractivity contribution in [3.05, 3.63) is 47.0 Å². The van der Waals surface area contributed by atoms with Gasteiger partial charge < -0.3 is 14.5 Å². The summed E-state index contributed by atoms with van der Waals surface area (Å²) in [5.74, 6) is -0.212.